The SMILES string of the molecule is CN(CC1Cc2ccccc2S1)C1CCCCC1Cl. The van der Waals surface area contributed by atoms with Gasteiger partial charge in [0.25, 0.3) is 0 Å². The minimum atomic E-state index is 0.354. The van der Waals surface area contributed by atoms with Crippen LogP contribution in [0.2, 0.25) is 0 Å². The predicted octanol–water partition coefficient (Wildman–Crippen LogP) is 4.19. The lowest BCUT2D eigenvalue weighted by molar-refractivity contribution is 0.196. The van der Waals surface area contributed by atoms with Crippen molar-refractivity contribution in [1.29, 1.82) is 0 Å². The summed E-state index contributed by atoms with van der Waals surface area (Å²) in [7, 11) is 2.26. The average Bonchev–Trinajstić information content (AvgIpc) is 2.81. The number of hydrogen-bond donors (Lipinski definition) is 0. The molecule has 104 valence electrons. The quantitative estimate of drug-likeness (QED) is 0.770. The number of benzene rings is 1. The van der Waals surface area contributed by atoms with E-state index in [2.05, 4.69) is 36.2 Å². The Morgan fingerprint density at radius 1 is 1.26 bits per heavy atom. The van der Waals surface area contributed by atoms with Crippen LogP contribution in [-0.2, 0) is 6.42 Å². The van der Waals surface area contributed by atoms with Crippen LogP contribution in [-0.4, -0.2) is 35.2 Å². The lowest BCUT2D eigenvalue weighted by atomic mass is 9.93. The van der Waals surface area contributed by atoms with E-state index in [-0.39, 0.29) is 0 Å². The molecule has 0 bridgehead atoms. The predicted molar refractivity (Wildman–Crippen MR) is 84.3 cm³/mol. The van der Waals surface area contributed by atoms with Crippen LogP contribution in [0.3, 0.4) is 0 Å². The van der Waals surface area contributed by atoms with Gasteiger partial charge in [-0.25, -0.2) is 0 Å². The molecule has 1 aromatic rings. The van der Waals surface area contributed by atoms with Crippen molar-refractivity contribution < 1.29 is 0 Å². The van der Waals surface area contributed by atoms with Gasteiger partial charge in [-0.3, -0.25) is 0 Å². The number of hydrogen-bond acceptors (Lipinski definition) is 2. The van der Waals surface area contributed by atoms with Crippen LogP contribution in [0.25, 0.3) is 0 Å². The van der Waals surface area contributed by atoms with Gasteiger partial charge >= 0.3 is 0 Å². The Morgan fingerprint density at radius 3 is 2.84 bits per heavy atom. The molecular weight excluding hydrogens is 274 g/mol. The first kappa shape index (κ1) is 13.8. The standard InChI is InChI=1S/C16H22ClNS/c1-18(15-8-4-3-7-14(15)17)11-13-10-12-6-2-5-9-16(12)19-13/h2,5-6,9,13-15H,3-4,7-8,10-11H2,1H3. The Hall–Kier alpha value is -0.180. The van der Waals surface area contributed by atoms with Crippen molar-refractivity contribution in [2.75, 3.05) is 13.6 Å². The van der Waals surface area contributed by atoms with Gasteiger partial charge in [-0.15, -0.1) is 23.4 Å². The van der Waals surface area contributed by atoms with Crippen LogP contribution in [0, 0.1) is 0 Å². The zero-order valence-corrected chi connectivity index (χ0v) is 13.1. The van der Waals surface area contributed by atoms with E-state index in [1.165, 1.54) is 42.6 Å². The molecule has 1 fully saturated rings. The summed E-state index contributed by atoms with van der Waals surface area (Å²) in [5, 5.41) is 1.06. The van der Waals surface area contributed by atoms with Crippen molar-refractivity contribution in [3.63, 3.8) is 0 Å². The second kappa shape index (κ2) is 6.07. The molecule has 1 aromatic carbocycles. The summed E-state index contributed by atoms with van der Waals surface area (Å²) < 4.78 is 0. The normalized spacial score (nSPS) is 30.6. The fraction of sp³-hybridized carbons (Fsp3) is 0.625. The minimum Gasteiger partial charge on any atom is -0.301 e. The van der Waals surface area contributed by atoms with Crippen LogP contribution in [0.4, 0.5) is 0 Å². The lowest BCUT2D eigenvalue weighted by Crippen LogP contribution is -2.43. The Kier molecular flexibility index (Phi) is 4.40. The van der Waals surface area contributed by atoms with Crippen LogP contribution < -0.4 is 0 Å². The molecule has 1 saturated carbocycles. The van der Waals surface area contributed by atoms with Gasteiger partial charge < -0.3 is 4.90 Å². The lowest BCUT2D eigenvalue weighted by Gasteiger charge is -2.36. The van der Waals surface area contributed by atoms with Gasteiger partial charge in [-0.2, -0.15) is 0 Å². The smallest absolute Gasteiger partial charge is 0.0491 e. The first-order valence-corrected chi connectivity index (χ1v) is 8.64. The average molecular weight is 296 g/mol. The zero-order valence-electron chi connectivity index (χ0n) is 11.5. The molecule has 0 aromatic heterocycles. The van der Waals surface area contributed by atoms with Crippen molar-refractivity contribution in [2.24, 2.45) is 0 Å². The molecule has 1 aliphatic carbocycles. The zero-order chi connectivity index (χ0) is 13.2. The first-order chi connectivity index (χ1) is 9.24. The minimum absolute atomic E-state index is 0.354. The molecule has 3 rings (SSSR count). The highest BCUT2D eigenvalue weighted by Gasteiger charge is 2.30. The Morgan fingerprint density at radius 2 is 2.05 bits per heavy atom. The number of rotatable bonds is 3. The van der Waals surface area contributed by atoms with E-state index < -0.39 is 0 Å². The van der Waals surface area contributed by atoms with Gasteiger partial charge in [0.05, 0.1) is 0 Å². The summed E-state index contributed by atoms with van der Waals surface area (Å²) in [5.41, 5.74) is 1.52. The number of alkyl halides is 1. The molecule has 1 aliphatic heterocycles. The van der Waals surface area contributed by atoms with Crippen LogP contribution in [0.15, 0.2) is 29.2 Å². The summed E-state index contributed by atoms with van der Waals surface area (Å²) in [6, 6.07) is 9.41. The van der Waals surface area contributed by atoms with E-state index in [4.69, 9.17) is 11.6 Å². The molecule has 3 atom stereocenters. The van der Waals surface area contributed by atoms with Crippen molar-refractivity contribution in [3.05, 3.63) is 29.8 Å². The molecule has 0 amide bonds. The van der Waals surface area contributed by atoms with Crippen LogP contribution in [0.5, 0.6) is 0 Å². The molecule has 0 spiro atoms. The fourth-order valence-electron chi connectivity index (χ4n) is 3.37. The molecule has 3 unspecified atom stereocenters. The van der Waals surface area contributed by atoms with Crippen LogP contribution >= 0.6 is 23.4 Å². The molecular formula is C16H22ClNS. The van der Waals surface area contributed by atoms with Gasteiger partial charge in [0, 0.05) is 28.1 Å². The summed E-state index contributed by atoms with van der Waals surface area (Å²) in [6.07, 6.45) is 6.33. The van der Waals surface area contributed by atoms with Gasteiger partial charge in [-0.05, 0) is 37.9 Å². The highest BCUT2D eigenvalue weighted by atomic mass is 35.5. The summed E-state index contributed by atoms with van der Waals surface area (Å²) >= 11 is 8.55. The second-order valence-electron chi connectivity index (χ2n) is 5.86. The monoisotopic (exact) mass is 295 g/mol. The second-order valence-corrected chi connectivity index (χ2v) is 7.76. The van der Waals surface area contributed by atoms with E-state index in [1.54, 1.807) is 0 Å². The van der Waals surface area contributed by atoms with E-state index in [0.29, 0.717) is 16.7 Å². The maximum Gasteiger partial charge on any atom is 0.0491 e. The fourth-order valence-corrected chi connectivity index (χ4v) is 5.24. The molecule has 1 nitrogen and oxygen atoms in total. The number of fused-ring (bicyclic) bond motifs is 1. The third kappa shape index (κ3) is 3.12. The molecule has 0 N–H and O–H groups in total. The molecule has 19 heavy (non-hydrogen) atoms. The highest BCUT2D eigenvalue weighted by molar-refractivity contribution is 8.00. The summed E-state index contributed by atoms with van der Waals surface area (Å²) in [6.45, 7) is 1.16. The Bertz CT molecular complexity index is 412. The molecule has 0 saturated heterocycles. The molecule has 1 heterocycles. The third-order valence-corrected chi connectivity index (χ3v) is 6.23. The van der Waals surface area contributed by atoms with Crippen molar-refractivity contribution in [1.82, 2.24) is 4.90 Å². The Balaban J connectivity index is 1.58. The largest absolute Gasteiger partial charge is 0.301 e. The number of nitrogens with zero attached hydrogens (tertiary/aromatic N) is 1. The Labute approximate surface area is 125 Å². The van der Waals surface area contributed by atoms with Crippen molar-refractivity contribution >= 4 is 23.4 Å². The van der Waals surface area contributed by atoms with E-state index in [0.717, 1.165) is 6.54 Å². The van der Waals surface area contributed by atoms with Gasteiger partial charge in [0.1, 0.15) is 0 Å². The van der Waals surface area contributed by atoms with E-state index in [1.807, 2.05) is 11.8 Å². The topological polar surface area (TPSA) is 3.24 Å². The molecule has 0 radical (unpaired) electrons. The van der Waals surface area contributed by atoms with E-state index >= 15 is 0 Å². The maximum absolute atomic E-state index is 6.50. The number of thioether (sulfide) groups is 1. The van der Waals surface area contributed by atoms with Crippen molar-refractivity contribution in [2.45, 2.75) is 53.7 Å². The van der Waals surface area contributed by atoms with E-state index in [9.17, 15) is 0 Å². The maximum atomic E-state index is 6.50. The van der Waals surface area contributed by atoms with Gasteiger partial charge in [0.2, 0.25) is 0 Å². The first-order valence-electron chi connectivity index (χ1n) is 7.33. The molecule has 3 heteroatoms. The summed E-state index contributed by atoms with van der Waals surface area (Å²) in [5.74, 6) is 0. The van der Waals surface area contributed by atoms with Crippen LogP contribution in [0.1, 0.15) is 31.2 Å². The highest BCUT2D eigenvalue weighted by Crippen LogP contribution is 2.37. The third-order valence-electron chi connectivity index (χ3n) is 4.42. The van der Waals surface area contributed by atoms with Crippen molar-refractivity contribution in [3.8, 4) is 0 Å². The number of halogens is 1. The van der Waals surface area contributed by atoms with Gasteiger partial charge in [-0.1, -0.05) is 31.0 Å². The summed E-state index contributed by atoms with van der Waals surface area (Å²) in [4.78, 5) is 3.99. The molecule has 2 aliphatic rings. The van der Waals surface area contributed by atoms with Gasteiger partial charge in [0.15, 0.2) is 0 Å².